The highest BCUT2D eigenvalue weighted by Crippen LogP contribution is 2.13. The SMILES string of the molecule is COc1ccc(C[C@@H](C=O)NC(=O)[C@H](CC(C)C)NC(=O)[C@H](CC(C)C)NC(=O)OCc2ccccc2)cc1. The van der Waals surface area contributed by atoms with Crippen LogP contribution in [-0.2, 0) is 32.1 Å². The van der Waals surface area contributed by atoms with E-state index in [4.69, 9.17) is 9.47 Å². The zero-order valence-corrected chi connectivity index (χ0v) is 23.4. The van der Waals surface area contributed by atoms with Crippen molar-refractivity contribution in [3.63, 3.8) is 0 Å². The molecule has 3 N–H and O–H groups in total. The van der Waals surface area contributed by atoms with Crippen LogP contribution < -0.4 is 20.7 Å². The van der Waals surface area contributed by atoms with Gasteiger partial charge in [0.05, 0.1) is 13.2 Å². The lowest BCUT2D eigenvalue weighted by Crippen LogP contribution is -2.55. The van der Waals surface area contributed by atoms with Crippen LogP contribution in [0.25, 0.3) is 0 Å². The number of nitrogens with one attached hydrogen (secondary N) is 3. The summed E-state index contributed by atoms with van der Waals surface area (Å²) in [5.74, 6) is -0.0728. The molecule has 2 rings (SSSR count). The second-order valence-corrected chi connectivity index (χ2v) is 10.4. The molecule has 0 saturated heterocycles. The smallest absolute Gasteiger partial charge is 0.408 e. The van der Waals surface area contributed by atoms with Gasteiger partial charge in [0, 0.05) is 0 Å². The molecule has 0 aromatic heterocycles. The lowest BCUT2D eigenvalue weighted by Gasteiger charge is -2.26. The van der Waals surface area contributed by atoms with Gasteiger partial charge in [0.15, 0.2) is 0 Å². The van der Waals surface area contributed by atoms with Crippen molar-refractivity contribution in [2.45, 2.75) is 71.7 Å². The second-order valence-electron chi connectivity index (χ2n) is 10.4. The Balaban J connectivity index is 2.04. The molecular formula is C30H41N3O6. The maximum absolute atomic E-state index is 13.2. The van der Waals surface area contributed by atoms with Crippen molar-refractivity contribution in [1.82, 2.24) is 16.0 Å². The van der Waals surface area contributed by atoms with E-state index >= 15 is 0 Å². The van der Waals surface area contributed by atoms with Crippen LogP contribution in [0.4, 0.5) is 4.79 Å². The number of hydrogen-bond acceptors (Lipinski definition) is 6. The summed E-state index contributed by atoms with van der Waals surface area (Å²) < 4.78 is 10.4. The first kappa shape index (κ1) is 31.3. The van der Waals surface area contributed by atoms with Crippen LogP contribution in [0.3, 0.4) is 0 Å². The van der Waals surface area contributed by atoms with Gasteiger partial charge in [-0.15, -0.1) is 0 Å². The van der Waals surface area contributed by atoms with Crippen molar-refractivity contribution >= 4 is 24.2 Å². The topological polar surface area (TPSA) is 123 Å². The van der Waals surface area contributed by atoms with E-state index in [1.807, 2.05) is 70.2 Å². The summed E-state index contributed by atoms with van der Waals surface area (Å²) in [7, 11) is 1.57. The number of alkyl carbamates (subject to hydrolysis) is 1. The fraction of sp³-hybridized carbons (Fsp3) is 0.467. The molecule has 212 valence electrons. The van der Waals surface area contributed by atoms with E-state index in [-0.39, 0.29) is 18.4 Å². The molecule has 0 saturated carbocycles. The first-order chi connectivity index (χ1) is 18.6. The number of carbonyl (C=O) groups is 4. The number of rotatable bonds is 15. The van der Waals surface area contributed by atoms with E-state index in [9.17, 15) is 19.2 Å². The van der Waals surface area contributed by atoms with Gasteiger partial charge in [0.1, 0.15) is 30.7 Å². The van der Waals surface area contributed by atoms with E-state index in [1.165, 1.54) is 0 Å². The largest absolute Gasteiger partial charge is 0.497 e. The van der Waals surface area contributed by atoms with Crippen LogP contribution in [0.2, 0.25) is 0 Å². The van der Waals surface area contributed by atoms with Crippen LogP contribution in [-0.4, -0.2) is 49.4 Å². The van der Waals surface area contributed by atoms with Crippen LogP contribution in [0.1, 0.15) is 51.7 Å². The van der Waals surface area contributed by atoms with Gasteiger partial charge in [-0.1, -0.05) is 70.2 Å². The average Bonchev–Trinajstić information content (AvgIpc) is 2.91. The molecule has 0 fully saturated rings. The van der Waals surface area contributed by atoms with Gasteiger partial charge in [-0.25, -0.2) is 4.79 Å². The number of benzene rings is 2. The quantitative estimate of drug-likeness (QED) is 0.296. The molecule has 39 heavy (non-hydrogen) atoms. The summed E-state index contributed by atoms with van der Waals surface area (Å²) in [6.07, 6.45) is 0.981. The first-order valence-electron chi connectivity index (χ1n) is 13.3. The van der Waals surface area contributed by atoms with Gasteiger partial charge in [-0.2, -0.15) is 0 Å². The van der Waals surface area contributed by atoms with E-state index in [0.717, 1.165) is 11.1 Å². The molecule has 0 bridgehead atoms. The number of methoxy groups -OCH3 is 1. The third-order valence-corrected chi connectivity index (χ3v) is 5.98. The molecule has 9 heteroatoms. The second kappa shape index (κ2) is 16.2. The number of carbonyl (C=O) groups excluding carboxylic acids is 4. The molecule has 0 unspecified atom stereocenters. The van der Waals surface area contributed by atoms with Crippen LogP contribution in [0.15, 0.2) is 54.6 Å². The molecule has 0 aliphatic heterocycles. The Labute approximate surface area is 231 Å². The zero-order valence-electron chi connectivity index (χ0n) is 23.4. The van der Waals surface area contributed by atoms with Gasteiger partial charge >= 0.3 is 6.09 Å². The van der Waals surface area contributed by atoms with Crippen molar-refractivity contribution < 1.29 is 28.7 Å². The van der Waals surface area contributed by atoms with E-state index in [2.05, 4.69) is 16.0 Å². The zero-order chi connectivity index (χ0) is 28.8. The van der Waals surface area contributed by atoms with Crippen LogP contribution in [0, 0.1) is 11.8 Å². The summed E-state index contributed by atoms with van der Waals surface area (Å²) >= 11 is 0. The Kier molecular flexibility index (Phi) is 13.0. The first-order valence-corrected chi connectivity index (χ1v) is 13.3. The Morgan fingerprint density at radius 2 is 1.33 bits per heavy atom. The number of ether oxygens (including phenoxy) is 2. The maximum Gasteiger partial charge on any atom is 0.408 e. The predicted molar refractivity (Wildman–Crippen MR) is 149 cm³/mol. The van der Waals surface area contributed by atoms with Gasteiger partial charge in [0.25, 0.3) is 0 Å². The molecule has 0 aliphatic rings. The molecule has 3 amide bonds. The highest BCUT2D eigenvalue weighted by Gasteiger charge is 2.29. The van der Waals surface area contributed by atoms with Crippen molar-refractivity contribution in [3.8, 4) is 5.75 Å². The highest BCUT2D eigenvalue weighted by atomic mass is 16.5. The third-order valence-electron chi connectivity index (χ3n) is 5.98. The fourth-order valence-corrected chi connectivity index (χ4v) is 4.02. The molecule has 0 heterocycles. The highest BCUT2D eigenvalue weighted by molar-refractivity contribution is 5.92. The van der Waals surface area contributed by atoms with Gasteiger partial charge in [-0.05, 0) is 54.4 Å². The van der Waals surface area contributed by atoms with Gasteiger partial charge in [-0.3, -0.25) is 9.59 Å². The van der Waals surface area contributed by atoms with E-state index in [0.29, 0.717) is 31.3 Å². The fourth-order valence-electron chi connectivity index (χ4n) is 4.02. The molecule has 9 nitrogen and oxygen atoms in total. The lowest BCUT2D eigenvalue weighted by molar-refractivity contribution is -0.131. The molecule has 0 aliphatic carbocycles. The standard InChI is InChI=1S/C30H41N3O6/c1-20(2)15-26(28(35)31-24(18-34)17-22-11-13-25(38-5)14-12-22)32-29(36)27(16-21(3)4)33-30(37)39-19-23-9-7-6-8-10-23/h6-14,18,20-21,24,26-27H,15-17,19H2,1-5H3,(H,31,35)(H,32,36)(H,33,37)/t24-,26-,27-/m0/s1. The van der Waals surface area contributed by atoms with Gasteiger partial charge < -0.3 is 30.2 Å². The monoisotopic (exact) mass is 539 g/mol. The summed E-state index contributed by atoms with van der Waals surface area (Å²) in [5.41, 5.74) is 1.68. The third kappa shape index (κ3) is 11.6. The maximum atomic E-state index is 13.2. The Morgan fingerprint density at radius 1 is 0.769 bits per heavy atom. The summed E-state index contributed by atoms with van der Waals surface area (Å²) in [6, 6.07) is 13.9. The Hall–Kier alpha value is -3.88. The minimum absolute atomic E-state index is 0.0718. The minimum atomic E-state index is -0.892. The van der Waals surface area contributed by atoms with Crippen molar-refractivity contribution in [2.75, 3.05) is 7.11 Å². The van der Waals surface area contributed by atoms with Crippen molar-refractivity contribution in [2.24, 2.45) is 11.8 Å². The van der Waals surface area contributed by atoms with Gasteiger partial charge in [0.2, 0.25) is 11.8 Å². The Bertz CT molecular complexity index is 1060. The molecule has 2 aromatic carbocycles. The van der Waals surface area contributed by atoms with Crippen molar-refractivity contribution in [1.29, 1.82) is 0 Å². The molecule has 0 radical (unpaired) electrons. The van der Waals surface area contributed by atoms with Crippen molar-refractivity contribution in [3.05, 3.63) is 65.7 Å². The average molecular weight is 540 g/mol. The normalized spacial score (nSPS) is 13.2. The number of hydrogen-bond donors (Lipinski definition) is 3. The van der Waals surface area contributed by atoms with E-state index in [1.54, 1.807) is 19.2 Å². The number of amides is 3. The molecule has 2 aromatic rings. The van der Waals surface area contributed by atoms with Crippen LogP contribution >= 0.6 is 0 Å². The summed E-state index contributed by atoms with van der Waals surface area (Å²) in [5, 5.41) is 8.17. The summed E-state index contributed by atoms with van der Waals surface area (Å²) in [4.78, 5) is 50.7. The van der Waals surface area contributed by atoms with E-state index < -0.39 is 36.0 Å². The summed E-state index contributed by atoms with van der Waals surface area (Å²) in [6.45, 7) is 7.81. The Morgan fingerprint density at radius 3 is 1.87 bits per heavy atom. The molecule has 3 atom stereocenters. The molecular weight excluding hydrogens is 498 g/mol. The van der Waals surface area contributed by atoms with Crippen LogP contribution in [0.5, 0.6) is 5.75 Å². The predicted octanol–water partition coefficient (Wildman–Crippen LogP) is 3.79. The number of aldehydes is 1. The molecule has 0 spiro atoms. The minimum Gasteiger partial charge on any atom is -0.497 e. The lowest BCUT2D eigenvalue weighted by atomic mass is 9.99.